The topological polar surface area (TPSA) is 66.0 Å². The fraction of sp³-hybridized carbons (Fsp3) is 0.875. The van der Waals surface area contributed by atoms with Crippen LogP contribution in [0.2, 0.25) is 0 Å². The van der Waals surface area contributed by atoms with Crippen LogP contribution in [0.15, 0.2) is 4.99 Å². The maximum Gasteiger partial charge on any atom is 0.243 e. The van der Waals surface area contributed by atoms with Gasteiger partial charge in [0, 0.05) is 33.3 Å². The Bertz CT molecular complexity index is 378. The summed E-state index contributed by atoms with van der Waals surface area (Å²) >= 11 is 0. The normalized spacial score (nSPS) is 22.3. The molecule has 1 unspecified atom stereocenters. The number of ether oxygens (including phenoxy) is 1. The van der Waals surface area contributed by atoms with Crippen molar-refractivity contribution in [2.45, 2.75) is 57.1 Å². The third kappa shape index (κ3) is 7.69. The van der Waals surface area contributed by atoms with Gasteiger partial charge in [-0.15, -0.1) is 24.0 Å². The molecule has 7 heteroatoms. The van der Waals surface area contributed by atoms with E-state index in [-0.39, 0.29) is 42.5 Å². The van der Waals surface area contributed by atoms with Crippen molar-refractivity contribution >= 4 is 35.8 Å². The van der Waals surface area contributed by atoms with Gasteiger partial charge in [-0.2, -0.15) is 0 Å². The van der Waals surface area contributed by atoms with Gasteiger partial charge in [-0.1, -0.05) is 19.3 Å². The summed E-state index contributed by atoms with van der Waals surface area (Å²) in [6, 6.07) is 0.471. The fourth-order valence-corrected chi connectivity index (χ4v) is 2.90. The highest BCUT2D eigenvalue weighted by Gasteiger charge is 2.18. The number of nitrogens with zero attached hydrogens (tertiary/aromatic N) is 2. The third-order valence-corrected chi connectivity index (χ3v) is 4.34. The van der Waals surface area contributed by atoms with Crippen molar-refractivity contribution in [2.75, 3.05) is 33.8 Å². The molecule has 1 heterocycles. The Kier molecular flexibility index (Phi) is 9.85. The molecule has 1 saturated carbocycles. The Hall–Kier alpha value is -0.570. The van der Waals surface area contributed by atoms with Crippen LogP contribution in [0.3, 0.4) is 0 Å². The molecule has 2 rings (SSSR count). The van der Waals surface area contributed by atoms with Crippen molar-refractivity contribution in [1.82, 2.24) is 15.5 Å². The van der Waals surface area contributed by atoms with Crippen LogP contribution in [-0.4, -0.2) is 62.7 Å². The number of hydrogen-bond acceptors (Lipinski definition) is 3. The van der Waals surface area contributed by atoms with Crippen LogP contribution < -0.4 is 10.6 Å². The predicted octanol–water partition coefficient (Wildman–Crippen LogP) is 1.74. The van der Waals surface area contributed by atoms with E-state index in [1.165, 1.54) is 32.1 Å². The van der Waals surface area contributed by atoms with E-state index >= 15 is 0 Å². The van der Waals surface area contributed by atoms with E-state index in [9.17, 15) is 4.79 Å². The Morgan fingerprint density at radius 1 is 1.17 bits per heavy atom. The maximum absolute atomic E-state index is 11.7. The van der Waals surface area contributed by atoms with Gasteiger partial charge in [-0.25, -0.2) is 4.99 Å². The molecular weight excluding hydrogens is 407 g/mol. The number of likely N-dealkylation sites (N-methyl/N-ethyl adjacent to an activating group) is 1. The molecule has 134 valence electrons. The minimum absolute atomic E-state index is 0. The summed E-state index contributed by atoms with van der Waals surface area (Å²) in [4.78, 5) is 17.8. The second-order valence-corrected chi connectivity index (χ2v) is 6.45. The molecule has 2 aliphatic rings. The number of aliphatic imine (C=N–C) groups is 1. The van der Waals surface area contributed by atoms with Crippen LogP contribution in [0.25, 0.3) is 0 Å². The van der Waals surface area contributed by atoms with E-state index in [4.69, 9.17) is 4.74 Å². The molecule has 1 aliphatic carbocycles. The van der Waals surface area contributed by atoms with Gasteiger partial charge in [0.2, 0.25) is 5.91 Å². The number of rotatable bonds is 5. The molecule has 0 bridgehead atoms. The second kappa shape index (κ2) is 11.1. The van der Waals surface area contributed by atoms with Crippen LogP contribution >= 0.6 is 24.0 Å². The molecule has 23 heavy (non-hydrogen) atoms. The molecular formula is C16H31IN4O2. The van der Waals surface area contributed by atoms with Gasteiger partial charge in [-0.3, -0.25) is 4.79 Å². The maximum atomic E-state index is 11.7. The van der Waals surface area contributed by atoms with E-state index in [2.05, 4.69) is 15.6 Å². The molecule has 0 spiro atoms. The molecule has 1 atom stereocenters. The first-order valence-corrected chi connectivity index (χ1v) is 8.52. The highest BCUT2D eigenvalue weighted by molar-refractivity contribution is 14.0. The zero-order valence-corrected chi connectivity index (χ0v) is 16.7. The lowest BCUT2D eigenvalue weighted by Gasteiger charge is -2.25. The molecule has 0 aromatic carbocycles. The Labute approximate surface area is 156 Å². The van der Waals surface area contributed by atoms with Gasteiger partial charge in [0.25, 0.3) is 0 Å². The summed E-state index contributed by atoms with van der Waals surface area (Å²) in [5.74, 6) is 0.763. The molecule has 6 nitrogen and oxygen atoms in total. The number of hydrogen-bond donors (Lipinski definition) is 2. The first-order valence-electron chi connectivity index (χ1n) is 8.52. The number of carbonyl (C=O) groups is 1. The first-order chi connectivity index (χ1) is 10.6. The quantitative estimate of drug-likeness (QED) is 0.390. The van der Waals surface area contributed by atoms with Gasteiger partial charge in [0.15, 0.2) is 5.96 Å². The highest BCUT2D eigenvalue weighted by Crippen LogP contribution is 2.17. The van der Waals surface area contributed by atoms with Crippen molar-refractivity contribution in [2.24, 2.45) is 4.99 Å². The van der Waals surface area contributed by atoms with Crippen LogP contribution in [-0.2, 0) is 9.53 Å². The van der Waals surface area contributed by atoms with E-state index in [1.54, 1.807) is 19.0 Å². The van der Waals surface area contributed by atoms with Gasteiger partial charge >= 0.3 is 0 Å². The summed E-state index contributed by atoms with van der Waals surface area (Å²) in [6.07, 6.45) is 8.73. The molecule has 2 N–H and O–H groups in total. The van der Waals surface area contributed by atoms with Crippen molar-refractivity contribution in [3.8, 4) is 0 Å². The molecule has 0 radical (unpaired) electrons. The number of nitrogens with one attached hydrogen (secondary N) is 2. The second-order valence-electron chi connectivity index (χ2n) is 6.45. The third-order valence-electron chi connectivity index (χ3n) is 4.34. The molecule has 2 fully saturated rings. The van der Waals surface area contributed by atoms with Crippen LogP contribution in [0.4, 0.5) is 0 Å². The van der Waals surface area contributed by atoms with Gasteiger partial charge < -0.3 is 20.3 Å². The number of halogens is 1. The average molecular weight is 438 g/mol. The summed E-state index contributed by atoms with van der Waals surface area (Å²) in [7, 11) is 3.51. The lowest BCUT2D eigenvalue weighted by atomic mass is 9.96. The molecule has 1 saturated heterocycles. The van der Waals surface area contributed by atoms with Gasteiger partial charge in [-0.05, 0) is 25.7 Å². The van der Waals surface area contributed by atoms with Gasteiger partial charge in [0.05, 0.1) is 6.10 Å². The summed E-state index contributed by atoms with van der Waals surface area (Å²) in [5.41, 5.74) is 0. The fourth-order valence-electron chi connectivity index (χ4n) is 2.90. The number of amides is 1. The average Bonchev–Trinajstić information content (AvgIpc) is 3.04. The first kappa shape index (κ1) is 20.5. The minimum atomic E-state index is 0. The summed E-state index contributed by atoms with van der Waals surface area (Å²) in [6.45, 7) is 1.79. The molecule has 1 aliphatic heterocycles. The SMILES string of the molecule is CN(C)C(=O)CN=C(NCC1CCCO1)NC1CCCCC1.I. The van der Waals surface area contributed by atoms with Gasteiger partial charge in [0.1, 0.15) is 6.54 Å². The lowest BCUT2D eigenvalue weighted by Crippen LogP contribution is -2.46. The summed E-state index contributed by atoms with van der Waals surface area (Å²) < 4.78 is 5.64. The van der Waals surface area contributed by atoms with Crippen molar-refractivity contribution in [3.05, 3.63) is 0 Å². The minimum Gasteiger partial charge on any atom is -0.376 e. The van der Waals surface area contributed by atoms with E-state index in [1.807, 2.05) is 0 Å². The highest BCUT2D eigenvalue weighted by atomic mass is 127. The predicted molar refractivity (Wildman–Crippen MR) is 103 cm³/mol. The number of carbonyl (C=O) groups excluding carboxylic acids is 1. The van der Waals surface area contributed by atoms with Crippen LogP contribution in [0, 0.1) is 0 Å². The number of guanidine groups is 1. The van der Waals surface area contributed by atoms with Crippen LogP contribution in [0.1, 0.15) is 44.9 Å². The Morgan fingerprint density at radius 2 is 1.91 bits per heavy atom. The lowest BCUT2D eigenvalue weighted by molar-refractivity contribution is -0.127. The van der Waals surface area contributed by atoms with Crippen molar-refractivity contribution in [3.63, 3.8) is 0 Å². The van der Waals surface area contributed by atoms with Crippen molar-refractivity contribution in [1.29, 1.82) is 0 Å². The Balaban J connectivity index is 0.00000264. The molecule has 1 amide bonds. The van der Waals surface area contributed by atoms with Crippen LogP contribution in [0.5, 0.6) is 0 Å². The zero-order valence-electron chi connectivity index (χ0n) is 14.3. The molecule has 0 aromatic rings. The molecule has 0 aromatic heterocycles. The summed E-state index contributed by atoms with van der Waals surface area (Å²) in [5, 5.41) is 6.83. The Morgan fingerprint density at radius 3 is 2.52 bits per heavy atom. The largest absolute Gasteiger partial charge is 0.376 e. The van der Waals surface area contributed by atoms with E-state index in [0.29, 0.717) is 6.04 Å². The smallest absolute Gasteiger partial charge is 0.243 e. The standard InChI is InChI=1S/C16H30N4O2.HI/c1-20(2)15(21)12-18-16(17-11-14-9-6-10-22-14)19-13-7-4-3-5-8-13;/h13-14H,3-12H2,1-2H3,(H2,17,18,19);1H. The van der Waals surface area contributed by atoms with E-state index in [0.717, 1.165) is 32.0 Å². The monoisotopic (exact) mass is 438 g/mol. The van der Waals surface area contributed by atoms with Crippen molar-refractivity contribution < 1.29 is 9.53 Å². The zero-order chi connectivity index (χ0) is 15.8. The van der Waals surface area contributed by atoms with E-state index < -0.39 is 0 Å².